The van der Waals surface area contributed by atoms with E-state index in [0.717, 1.165) is 13.1 Å². The fourth-order valence-corrected chi connectivity index (χ4v) is 2.88. The minimum Gasteiger partial charge on any atom is -0.327 e. The lowest BCUT2D eigenvalue weighted by molar-refractivity contribution is -0.900. The molecule has 1 aliphatic rings. The van der Waals surface area contributed by atoms with Crippen LogP contribution in [0.5, 0.6) is 0 Å². The van der Waals surface area contributed by atoms with Gasteiger partial charge < -0.3 is 10.2 Å². The SMILES string of the molecule is Cc1cc([N+](=O)[O-])ccc1NC(=O)C[NH+]1CCC[C@H](C)C1. The van der Waals surface area contributed by atoms with E-state index in [1.807, 2.05) is 0 Å². The van der Waals surface area contributed by atoms with Crippen LogP contribution in [-0.2, 0) is 4.79 Å². The molecule has 0 bridgehead atoms. The minimum atomic E-state index is -0.433. The Morgan fingerprint density at radius 2 is 2.29 bits per heavy atom. The van der Waals surface area contributed by atoms with Crippen molar-refractivity contribution in [1.29, 1.82) is 0 Å². The molecule has 2 N–H and O–H groups in total. The number of rotatable bonds is 4. The summed E-state index contributed by atoms with van der Waals surface area (Å²) >= 11 is 0. The first-order valence-electron chi connectivity index (χ1n) is 7.34. The van der Waals surface area contributed by atoms with Crippen molar-refractivity contribution >= 4 is 17.3 Å². The van der Waals surface area contributed by atoms with Crippen molar-refractivity contribution < 1.29 is 14.6 Å². The van der Waals surface area contributed by atoms with Gasteiger partial charge in [0.05, 0.1) is 18.0 Å². The Kier molecular flexibility index (Phi) is 4.90. The van der Waals surface area contributed by atoms with Gasteiger partial charge >= 0.3 is 0 Å². The molecule has 1 unspecified atom stereocenters. The van der Waals surface area contributed by atoms with Gasteiger partial charge in [0.1, 0.15) is 0 Å². The fourth-order valence-electron chi connectivity index (χ4n) is 2.88. The number of benzene rings is 1. The summed E-state index contributed by atoms with van der Waals surface area (Å²) in [7, 11) is 0. The molecule has 0 spiro atoms. The molecule has 2 atom stereocenters. The van der Waals surface area contributed by atoms with Gasteiger partial charge in [-0.1, -0.05) is 6.92 Å². The average molecular weight is 292 g/mol. The Balaban J connectivity index is 1.94. The van der Waals surface area contributed by atoms with E-state index < -0.39 is 4.92 Å². The van der Waals surface area contributed by atoms with E-state index in [-0.39, 0.29) is 11.6 Å². The van der Waals surface area contributed by atoms with Crippen LogP contribution < -0.4 is 10.2 Å². The number of hydrogen-bond acceptors (Lipinski definition) is 3. The van der Waals surface area contributed by atoms with Gasteiger partial charge in [0.25, 0.3) is 11.6 Å². The summed E-state index contributed by atoms with van der Waals surface area (Å²) in [6.07, 6.45) is 2.41. The van der Waals surface area contributed by atoms with Gasteiger partial charge in [-0.15, -0.1) is 0 Å². The molecule has 1 amide bonds. The highest BCUT2D eigenvalue weighted by Gasteiger charge is 2.22. The predicted octanol–water partition coefficient (Wildman–Crippen LogP) is 1.16. The second-order valence-corrected chi connectivity index (χ2v) is 5.93. The maximum atomic E-state index is 12.1. The second kappa shape index (κ2) is 6.67. The normalized spacial score (nSPS) is 21.8. The minimum absolute atomic E-state index is 0.0314. The van der Waals surface area contributed by atoms with Crippen molar-refractivity contribution in [2.45, 2.75) is 26.7 Å². The summed E-state index contributed by atoms with van der Waals surface area (Å²) in [4.78, 5) is 23.7. The van der Waals surface area contributed by atoms with Gasteiger partial charge in [0.2, 0.25) is 0 Å². The molecule has 6 heteroatoms. The molecule has 114 valence electrons. The van der Waals surface area contributed by atoms with Gasteiger partial charge in [0, 0.05) is 23.7 Å². The number of nitrogens with zero attached hydrogens (tertiary/aromatic N) is 1. The number of quaternary nitrogens is 1. The van der Waals surface area contributed by atoms with Crippen LogP contribution in [0.15, 0.2) is 18.2 Å². The lowest BCUT2D eigenvalue weighted by atomic mass is 10.0. The summed E-state index contributed by atoms with van der Waals surface area (Å²) in [5.41, 5.74) is 1.40. The zero-order valence-electron chi connectivity index (χ0n) is 12.5. The molecular formula is C15H22N3O3+. The van der Waals surface area contributed by atoms with Crippen LogP contribution in [0.4, 0.5) is 11.4 Å². The van der Waals surface area contributed by atoms with Crippen LogP contribution in [-0.4, -0.2) is 30.5 Å². The third kappa shape index (κ3) is 4.26. The Morgan fingerprint density at radius 3 is 2.90 bits per heavy atom. The molecule has 21 heavy (non-hydrogen) atoms. The Labute approximate surface area is 124 Å². The van der Waals surface area contributed by atoms with Crippen molar-refractivity contribution in [3.63, 3.8) is 0 Å². The molecule has 1 heterocycles. The number of carbonyl (C=O) groups is 1. The van der Waals surface area contributed by atoms with E-state index >= 15 is 0 Å². The number of carbonyl (C=O) groups excluding carboxylic acids is 1. The van der Waals surface area contributed by atoms with Gasteiger partial charge in [-0.3, -0.25) is 14.9 Å². The lowest BCUT2D eigenvalue weighted by Gasteiger charge is -2.27. The molecule has 0 aromatic heterocycles. The quantitative estimate of drug-likeness (QED) is 0.646. The topological polar surface area (TPSA) is 76.7 Å². The van der Waals surface area contributed by atoms with Crippen LogP contribution >= 0.6 is 0 Å². The number of non-ortho nitro benzene ring substituents is 1. The van der Waals surface area contributed by atoms with Crippen molar-refractivity contribution in [3.05, 3.63) is 33.9 Å². The summed E-state index contributed by atoms with van der Waals surface area (Å²) < 4.78 is 0. The van der Waals surface area contributed by atoms with E-state index in [1.54, 1.807) is 13.0 Å². The number of nitro benzene ring substituents is 1. The van der Waals surface area contributed by atoms with Gasteiger partial charge in [-0.05, 0) is 31.4 Å². The van der Waals surface area contributed by atoms with E-state index in [0.29, 0.717) is 23.7 Å². The third-order valence-electron chi connectivity index (χ3n) is 3.97. The third-order valence-corrected chi connectivity index (χ3v) is 3.97. The van der Waals surface area contributed by atoms with E-state index in [9.17, 15) is 14.9 Å². The zero-order chi connectivity index (χ0) is 15.4. The molecule has 1 aromatic carbocycles. The Bertz CT molecular complexity index is 545. The monoisotopic (exact) mass is 292 g/mol. The number of anilines is 1. The highest BCUT2D eigenvalue weighted by molar-refractivity contribution is 5.92. The van der Waals surface area contributed by atoms with Gasteiger partial charge in [-0.25, -0.2) is 0 Å². The summed E-state index contributed by atoms with van der Waals surface area (Å²) in [5, 5.41) is 13.6. The largest absolute Gasteiger partial charge is 0.327 e. The molecule has 0 saturated carbocycles. The van der Waals surface area contributed by atoms with Crippen molar-refractivity contribution in [1.82, 2.24) is 0 Å². The molecule has 2 rings (SSSR count). The first-order chi connectivity index (χ1) is 9.95. The highest BCUT2D eigenvalue weighted by Crippen LogP contribution is 2.20. The van der Waals surface area contributed by atoms with Gasteiger partial charge in [-0.2, -0.15) is 0 Å². The van der Waals surface area contributed by atoms with E-state index in [1.165, 1.54) is 29.9 Å². The summed E-state index contributed by atoms with van der Waals surface area (Å²) in [6.45, 7) is 6.51. The number of piperidine rings is 1. The van der Waals surface area contributed by atoms with Crippen molar-refractivity contribution in [3.8, 4) is 0 Å². The first-order valence-corrected chi connectivity index (χ1v) is 7.34. The highest BCUT2D eigenvalue weighted by atomic mass is 16.6. The maximum absolute atomic E-state index is 12.1. The molecule has 0 radical (unpaired) electrons. The lowest BCUT2D eigenvalue weighted by Crippen LogP contribution is -3.14. The number of aryl methyl sites for hydroxylation is 1. The number of hydrogen-bond donors (Lipinski definition) is 2. The number of nitrogens with one attached hydrogen (secondary N) is 2. The second-order valence-electron chi connectivity index (χ2n) is 5.93. The molecule has 1 aromatic rings. The molecule has 6 nitrogen and oxygen atoms in total. The molecular weight excluding hydrogens is 270 g/mol. The molecule has 0 aliphatic carbocycles. The Morgan fingerprint density at radius 1 is 1.52 bits per heavy atom. The zero-order valence-corrected chi connectivity index (χ0v) is 12.5. The average Bonchev–Trinajstić information content (AvgIpc) is 2.40. The molecule has 1 fully saturated rings. The van der Waals surface area contributed by atoms with E-state index in [4.69, 9.17) is 0 Å². The van der Waals surface area contributed by atoms with E-state index in [2.05, 4.69) is 12.2 Å². The smallest absolute Gasteiger partial charge is 0.279 e. The molecule has 1 saturated heterocycles. The van der Waals surface area contributed by atoms with Crippen molar-refractivity contribution in [2.24, 2.45) is 5.92 Å². The number of nitro groups is 1. The standard InChI is InChI=1S/C15H21N3O3/c1-11-4-3-7-17(9-11)10-15(19)16-14-6-5-13(18(20)21)8-12(14)2/h5-6,8,11H,3-4,7,9-10H2,1-2H3,(H,16,19)/p+1/t11-/m0/s1. The fraction of sp³-hybridized carbons (Fsp3) is 0.533. The van der Waals surface area contributed by atoms with Crippen LogP contribution in [0, 0.1) is 23.0 Å². The number of amides is 1. The molecule has 1 aliphatic heterocycles. The van der Waals surface area contributed by atoms with Crippen LogP contribution in [0.1, 0.15) is 25.3 Å². The number of likely N-dealkylation sites (tertiary alicyclic amines) is 1. The van der Waals surface area contributed by atoms with Crippen molar-refractivity contribution in [2.75, 3.05) is 25.0 Å². The predicted molar refractivity (Wildman–Crippen MR) is 80.4 cm³/mol. The van der Waals surface area contributed by atoms with Crippen LogP contribution in [0.2, 0.25) is 0 Å². The van der Waals surface area contributed by atoms with Crippen LogP contribution in [0.25, 0.3) is 0 Å². The Hall–Kier alpha value is -1.95. The summed E-state index contributed by atoms with van der Waals surface area (Å²) in [6, 6.07) is 4.49. The summed E-state index contributed by atoms with van der Waals surface area (Å²) in [5.74, 6) is 0.638. The van der Waals surface area contributed by atoms with Gasteiger partial charge in [0.15, 0.2) is 6.54 Å². The van der Waals surface area contributed by atoms with Crippen LogP contribution in [0.3, 0.4) is 0 Å². The first kappa shape index (κ1) is 15.4. The maximum Gasteiger partial charge on any atom is 0.279 e.